The molecule has 0 amide bonds. The Morgan fingerprint density at radius 3 is 2.03 bits per heavy atom. The molecule has 5 nitrogen and oxygen atoms in total. The van der Waals surface area contributed by atoms with E-state index in [9.17, 15) is 14.9 Å². The molecule has 0 atom stereocenters. The van der Waals surface area contributed by atoms with Crippen LogP contribution in [0.1, 0.15) is 15.9 Å². The number of carbonyl (C=O) groups excluding carboxylic acids is 1. The van der Waals surface area contributed by atoms with Crippen LogP contribution in [0.2, 0.25) is 0 Å². The highest BCUT2D eigenvalue weighted by Gasteiger charge is 2.16. The summed E-state index contributed by atoms with van der Waals surface area (Å²) in [4.78, 5) is 23.9. The number of para-hydroxylation sites is 2. The standard InChI is InChI=1S/C25H18N2O3/c28-25(19-11-5-2-6-12-19)20-15-16-22(21(17-20)18-9-3-1-4-10-18)26-23-13-7-8-14-24(23)27(29)30/h1-17,26H. The van der Waals surface area contributed by atoms with E-state index in [2.05, 4.69) is 5.32 Å². The average molecular weight is 394 g/mol. The number of anilines is 2. The van der Waals surface area contributed by atoms with Crippen LogP contribution in [-0.2, 0) is 0 Å². The highest BCUT2D eigenvalue weighted by Crippen LogP contribution is 2.34. The Labute approximate surface area is 173 Å². The number of ketones is 1. The topological polar surface area (TPSA) is 72.2 Å². The van der Waals surface area contributed by atoms with E-state index in [1.807, 2.05) is 54.6 Å². The number of benzene rings is 4. The number of nitro benzene ring substituents is 1. The van der Waals surface area contributed by atoms with E-state index in [0.717, 1.165) is 11.1 Å². The molecule has 0 radical (unpaired) electrons. The fourth-order valence-electron chi connectivity index (χ4n) is 3.29. The second kappa shape index (κ2) is 8.41. The number of nitrogens with zero attached hydrogens (tertiary/aromatic N) is 1. The Balaban J connectivity index is 1.80. The molecule has 0 aromatic heterocycles. The Hall–Kier alpha value is -4.25. The van der Waals surface area contributed by atoms with Crippen molar-refractivity contribution in [2.45, 2.75) is 0 Å². The SMILES string of the molecule is O=C(c1ccccc1)c1ccc(Nc2ccccc2[N+](=O)[O-])c(-c2ccccc2)c1. The number of hydrogen-bond acceptors (Lipinski definition) is 4. The zero-order valence-electron chi connectivity index (χ0n) is 16.0. The molecule has 4 aromatic carbocycles. The third-order valence-corrected chi connectivity index (χ3v) is 4.77. The second-order valence-corrected chi connectivity index (χ2v) is 6.72. The van der Waals surface area contributed by atoms with Gasteiger partial charge in [0.15, 0.2) is 5.78 Å². The maximum atomic E-state index is 12.9. The third kappa shape index (κ3) is 3.95. The van der Waals surface area contributed by atoms with E-state index in [4.69, 9.17) is 0 Å². The van der Waals surface area contributed by atoms with E-state index in [1.165, 1.54) is 6.07 Å². The van der Waals surface area contributed by atoms with Crippen LogP contribution in [0.15, 0.2) is 103 Å². The maximum Gasteiger partial charge on any atom is 0.292 e. The Kier molecular flexibility index (Phi) is 5.35. The summed E-state index contributed by atoms with van der Waals surface area (Å²) >= 11 is 0. The monoisotopic (exact) mass is 394 g/mol. The lowest BCUT2D eigenvalue weighted by Crippen LogP contribution is -2.03. The van der Waals surface area contributed by atoms with Gasteiger partial charge in [-0.25, -0.2) is 0 Å². The first-order valence-corrected chi connectivity index (χ1v) is 9.43. The molecule has 0 aliphatic rings. The lowest BCUT2D eigenvalue weighted by atomic mass is 9.96. The molecule has 0 saturated heterocycles. The molecule has 146 valence electrons. The zero-order chi connectivity index (χ0) is 20.9. The summed E-state index contributed by atoms with van der Waals surface area (Å²) in [7, 11) is 0. The normalized spacial score (nSPS) is 10.4. The van der Waals surface area contributed by atoms with Gasteiger partial charge in [-0.2, -0.15) is 0 Å². The van der Waals surface area contributed by atoms with E-state index in [1.54, 1.807) is 42.5 Å². The van der Waals surface area contributed by atoms with Gasteiger partial charge in [-0.05, 0) is 29.8 Å². The maximum absolute atomic E-state index is 12.9. The summed E-state index contributed by atoms with van der Waals surface area (Å²) in [5, 5.41) is 14.6. The van der Waals surface area contributed by atoms with Gasteiger partial charge in [0.25, 0.3) is 5.69 Å². The molecule has 0 heterocycles. The first-order valence-electron chi connectivity index (χ1n) is 9.43. The molecule has 0 aliphatic heterocycles. The molecule has 0 fully saturated rings. The van der Waals surface area contributed by atoms with Gasteiger partial charge in [0, 0.05) is 28.4 Å². The van der Waals surface area contributed by atoms with Crippen LogP contribution in [-0.4, -0.2) is 10.7 Å². The molecule has 4 rings (SSSR count). The molecule has 0 saturated carbocycles. The van der Waals surface area contributed by atoms with Crippen molar-refractivity contribution in [2.75, 3.05) is 5.32 Å². The van der Waals surface area contributed by atoms with Gasteiger partial charge in [-0.15, -0.1) is 0 Å². The summed E-state index contributed by atoms with van der Waals surface area (Å²) in [5.74, 6) is -0.0787. The fourth-order valence-corrected chi connectivity index (χ4v) is 3.29. The van der Waals surface area contributed by atoms with Gasteiger partial charge in [-0.1, -0.05) is 72.8 Å². The van der Waals surface area contributed by atoms with Crippen LogP contribution in [0.4, 0.5) is 17.1 Å². The highest BCUT2D eigenvalue weighted by atomic mass is 16.6. The van der Waals surface area contributed by atoms with Crippen LogP contribution in [0.5, 0.6) is 0 Å². The van der Waals surface area contributed by atoms with Gasteiger partial charge >= 0.3 is 0 Å². The molecule has 0 unspecified atom stereocenters. The summed E-state index contributed by atoms with van der Waals surface area (Å²) < 4.78 is 0. The van der Waals surface area contributed by atoms with Crippen molar-refractivity contribution in [3.05, 3.63) is 124 Å². The smallest absolute Gasteiger partial charge is 0.292 e. The van der Waals surface area contributed by atoms with Crippen LogP contribution in [0.3, 0.4) is 0 Å². The highest BCUT2D eigenvalue weighted by molar-refractivity contribution is 6.10. The first-order chi connectivity index (χ1) is 14.6. The molecule has 4 aromatic rings. The minimum atomic E-state index is -0.419. The van der Waals surface area contributed by atoms with Crippen LogP contribution in [0.25, 0.3) is 11.1 Å². The molecular formula is C25H18N2O3. The quantitative estimate of drug-likeness (QED) is 0.239. The van der Waals surface area contributed by atoms with Gasteiger partial charge < -0.3 is 5.32 Å². The van der Waals surface area contributed by atoms with E-state index >= 15 is 0 Å². The molecule has 0 spiro atoms. The minimum absolute atomic E-state index is 0.0130. The summed E-state index contributed by atoms with van der Waals surface area (Å²) in [5.41, 5.74) is 3.91. The molecule has 1 N–H and O–H groups in total. The van der Waals surface area contributed by atoms with Crippen molar-refractivity contribution in [1.29, 1.82) is 0 Å². The molecule has 0 bridgehead atoms. The lowest BCUT2D eigenvalue weighted by Gasteiger charge is -2.14. The predicted molar refractivity (Wildman–Crippen MR) is 118 cm³/mol. The van der Waals surface area contributed by atoms with Crippen molar-refractivity contribution in [2.24, 2.45) is 0 Å². The van der Waals surface area contributed by atoms with Gasteiger partial charge in [-0.3, -0.25) is 14.9 Å². The van der Waals surface area contributed by atoms with Crippen molar-refractivity contribution < 1.29 is 9.72 Å². The lowest BCUT2D eigenvalue weighted by molar-refractivity contribution is -0.383. The number of hydrogen-bond donors (Lipinski definition) is 1. The van der Waals surface area contributed by atoms with Crippen molar-refractivity contribution in [3.63, 3.8) is 0 Å². The second-order valence-electron chi connectivity index (χ2n) is 6.72. The number of rotatable bonds is 6. The van der Waals surface area contributed by atoms with Crippen molar-refractivity contribution in [1.82, 2.24) is 0 Å². The number of nitro groups is 1. The molecule has 5 heteroatoms. The van der Waals surface area contributed by atoms with Crippen LogP contribution in [0, 0.1) is 10.1 Å². The fraction of sp³-hybridized carbons (Fsp3) is 0. The zero-order valence-corrected chi connectivity index (χ0v) is 16.0. The summed E-state index contributed by atoms with van der Waals surface area (Å²) in [6.07, 6.45) is 0. The summed E-state index contributed by atoms with van der Waals surface area (Å²) in [6, 6.07) is 30.5. The molecular weight excluding hydrogens is 376 g/mol. The molecule has 0 aliphatic carbocycles. The Morgan fingerprint density at radius 2 is 1.33 bits per heavy atom. The average Bonchev–Trinajstić information content (AvgIpc) is 2.80. The summed E-state index contributed by atoms with van der Waals surface area (Å²) in [6.45, 7) is 0. The third-order valence-electron chi connectivity index (χ3n) is 4.77. The van der Waals surface area contributed by atoms with Crippen molar-refractivity contribution in [3.8, 4) is 11.1 Å². The van der Waals surface area contributed by atoms with Gasteiger partial charge in [0.2, 0.25) is 0 Å². The Bertz CT molecular complexity index is 1210. The predicted octanol–water partition coefficient (Wildman–Crippen LogP) is 6.24. The number of carbonyl (C=O) groups is 1. The van der Waals surface area contributed by atoms with Crippen LogP contribution >= 0.6 is 0 Å². The van der Waals surface area contributed by atoms with Crippen LogP contribution < -0.4 is 5.32 Å². The number of nitrogens with one attached hydrogen (secondary N) is 1. The van der Waals surface area contributed by atoms with E-state index in [-0.39, 0.29) is 11.5 Å². The van der Waals surface area contributed by atoms with Gasteiger partial charge in [0.05, 0.1) is 4.92 Å². The van der Waals surface area contributed by atoms with E-state index in [0.29, 0.717) is 22.5 Å². The van der Waals surface area contributed by atoms with E-state index < -0.39 is 4.92 Å². The Morgan fingerprint density at radius 1 is 0.700 bits per heavy atom. The van der Waals surface area contributed by atoms with Crippen molar-refractivity contribution >= 4 is 22.8 Å². The minimum Gasteiger partial charge on any atom is -0.349 e. The molecule has 30 heavy (non-hydrogen) atoms. The van der Waals surface area contributed by atoms with Gasteiger partial charge in [0.1, 0.15) is 5.69 Å². The largest absolute Gasteiger partial charge is 0.349 e. The first kappa shape index (κ1) is 19.1.